The smallest absolute Gasteiger partial charge is 0.253 e. The molecule has 0 radical (unpaired) electrons. The van der Waals surface area contributed by atoms with E-state index in [4.69, 9.17) is 0 Å². The third-order valence-electron chi connectivity index (χ3n) is 3.98. The summed E-state index contributed by atoms with van der Waals surface area (Å²) in [6.07, 6.45) is 2.74. The average Bonchev–Trinajstić information content (AvgIpc) is 3.11. The van der Waals surface area contributed by atoms with Crippen LogP contribution in [0.4, 0.5) is 0 Å². The van der Waals surface area contributed by atoms with Gasteiger partial charge in [0.25, 0.3) is 5.91 Å². The monoisotopic (exact) mass is 297 g/mol. The van der Waals surface area contributed by atoms with Gasteiger partial charge in [-0.15, -0.1) is 11.3 Å². The van der Waals surface area contributed by atoms with Gasteiger partial charge in [0.15, 0.2) is 0 Å². The van der Waals surface area contributed by atoms with Gasteiger partial charge in [-0.25, -0.2) is 4.98 Å². The fourth-order valence-corrected chi connectivity index (χ4v) is 3.65. The number of likely N-dealkylation sites (tertiary alicyclic amines) is 1. The molecule has 4 nitrogen and oxygen atoms in total. The largest absolute Gasteiger partial charge is 0.345 e. The first-order valence-electron chi connectivity index (χ1n) is 7.04. The number of carbonyl (C=O) groups excluding carboxylic acids is 1. The number of thiophene rings is 1. The zero-order chi connectivity index (χ0) is 14.2. The summed E-state index contributed by atoms with van der Waals surface area (Å²) in [5.74, 6) is 0.720. The van der Waals surface area contributed by atoms with E-state index in [9.17, 15) is 4.79 Å². The molecule has 4 rings (SSSR count). The summed E-state index contributed by atoms with van der Waals surface area (Å²) >= 11 is 1.79. The number of hydrogen-bond donors (Lipinski definition) is 1. The van der Waals surface area contributed by atoms with Crippen LogP contribution in [0.3, 0.4) is 0 Å². The van der Waals surface area contributed by atoms with Crippen LogP contribution in [0, 0.1) is 5.92 Å². The van der Waals surface area contributed by atoms with Crippen molar-refractivity contribution in [1.82, 2.24) is 14.9 Å². The number of aromatic amines is 1. The van der Waals surface area contributed by atoms with E-state index < -0.39 is 0 Å². The topological polar surface area (TPSA) is 49.0 Å². The minimum absolute atomic E-state index is 0.119. The molecule has 1 aromatic carbocycles. The minimum atomic E-state index is 0.119. The summed E-state index contributed by atoms with van der Waals surface area (Å²) < 4.78 is 0. The van der Waals surface area contributed by atoms with E-state index in [1.54, 1.807) is 17.7 Å². The summed E-state index contributed by atoms with van der Waals surface area (Å²) in [6, 6.07) is 9.89. The number of nitrogens with one attached hydrogen (secondary N) is 1. The summed E-state index contributed by atoms with van der Waals surface area (Å²) in [5.41, 5.74) is 2.54. The van der Waals surface area contributed by atoms with Crippen LogP contribution in [-0.4, -0.2) is 33.9 Å². The number of aromatic nitrogens is 2. The van der Waals surface area contributed by atoms with Gasteiger partial charge in [-0.1, -0.05) is 6.07 Å². The Morgan fingerprint density at radius 2 is 2.29 bits per heavy atom. The molecule has 1 amide bonds. The number of imidazole rings is 1. The van der Waals surface area contributed by atoms with Gasteiger partial charge in [0, 0.05) is 23.5 Å². The second-order valence-corrected chi connectivity index (χ2v) is 6.53. The quantitative estimate of drug-likeness (QED) is 0.808. The zero-order valence-corrected chi connectivity index (χ0v) is 12.3. The Morgan fingerprint density at radius 3 is 3.10 bits per heavy atom. The molecule has 0 bridgehead atoms. The zero-order valence-electron chi connectivity index (χ0n) is 11.5. The number of carbonyl (C=O) groups is 1. The number of amides is 1. The van der Waals surface area contributed by atoms with E-state index in [0.717, 1.165) is 36.1 Å². The molecule has 0 aliphatic carbocycles. The van der Waals surface area contributed by atoms with Crippen molar-refractivity contribution in [3.8, 4) is 0 Å². The highest BCUT2D eigenvalue weighted by molar-refractivity contribution is 7.09. The first-order valence-corrected chi connectivity index (χ1v) is 7.92. The molecule has 0 spiro atoms. The van der Waals surface area contributed by atoms with Gasteiger partial charge >= 0.3 is 0 Å². The highest BCUT2D eigenvalue weighted by Crippen LogP contribution is 2.25. The molecule has 1 fully saturated rings. The lowest BCUT2D eigenvalue weighted by atomic mass is 9.94. The van der Waals surface area contributed by atoms with Gasteiger partial charge in [-0.05, 0) is 42.0 Å². The molecule has 21 heavy (non-hydrogen) atoms. The van der Waals surface area contributed by atoms with E-state index in [1.807, 2.05) is 23.1 Å². The molecule has 0 atom stereocenters. The van der Waals surface area contributed by atoms with Crippen LogP contribution in [-0.2, 0) is 6.42 Å². The Kier molecular flexibility index (Phi) is 3.00. The molecule has 106 valence electrons. The molecule has 0 unspecified atom stereocenters. The molecule has 1 aliphatic rings. The van der Waals surface area contributed by atoms with Crippen LogP contribution in [0.1, 0.15) is 15.2 Å². The highest BCUT2D eigenvalue weighted by atomic mass is 32.1. The molecular formula is C16H15N3OS. The number of rotatable bonds is 3. The molecule has 2 aromatic heterocycles. The van der Waals surface area contributed by atoms with Crippen LogP contribution in [0.2, 0.25) is 0 Å². The summed E-state index contributed by atoms with van der Waals surface area (Å²) in [4.78, 5) is 23.0. The molecule has 3 aromatic rings. The third kappa shape index (κ3) is 2.34. The van der Waals surface area contributed by atoms with Crippen molar-refractivity contribution in [3.63, 3.8) is 0 Å². The minimum Gasteiger partial charge on any atom is -0.345 e. The van der Waals surface area contributed by atoms with Gasteiger partial charge in [0.05, 0.1) is 17.4 Å². The predicted molar refractivity (Wildman–Crippen MR) is 83.5 cm³/mol. The first-order chi connectivity index (χ1) is 10.3. The molecule has 5 heteroatoms. The number of fused-ring (bicyclic) bond motifs is 1. The van der Waals surface area contributed by atoms with Crippen molar-refractivity contribution in [3.05, 3.63) is 52.5 Å². The number of H-pyrrole nitrogens is 1. The number of benzene rings is 1. The van der Waals surface area contributed by atoms with E-state index in [0.29, 0.717) is 5.92 Å². The fraction of sp³-hybridized carbons (Fsp3) is 0.250. The standard InChI is InChI=1S/C16H15N3OS/c20-16(12-3-4-14-15(7-12)18-10-17-14)19-8-11(9-19)6-13-2-1-5-21-13/h1-5,7,10-11H,6,8-9H2,(H,17,18). The van der Waals surface area contributed by atoms with Gasteiger partial charge < -0.3 is 9.88 Å². The van der Waals surface area contributed by atoms with E-state index in [-0.39, 0.29) is 5.91 Å². The van der Waals surface area contributed by atoms with Gasteiger partial charge in [0.1, 0.15) is 0 Å². The maximum Gasteiger partial charge on any atom is 0.253 e. The van der Waals surface area contributed by atoms with Gasteiger partial charge in [-0.3, -0.25) is 4.79 Å². The van der Waals surface area contributed by atoms with Crippen LogP contribution in [0.15, 0.2) is 42.0 Å². The van der Waals surface area contributed by atoms with Crippen LogP contribution in [0.5, 0.6) is 0 Å². The summed E-state index contributed by atoms with van der Waals surface area (Å²) in [5, 5.41) is 2.11. The molecule has 0 saturated carbocycles. The lowest BCUT2D eigenvalue weighted by molar-refractivity contribution is 0.0502. The average molecular weight is 297 g/mol. The van der Waals surface area contributed by atoms with E-state index in [2.05, 4.69) is 27.5 Å². The van der Waals surface area contributed by atoms with E-state index in [1.165, 1.54) is 4.88 Å². The summed E-state index contributed by atoms with van der Waals surface area (Å²) in [7, 11) is 0. The van der Waals surface area contributed by atoms with Crippen molar-refractivity contribution in [2.45, 2.75) is 6.42 Å². The molecule has 1 saturated heterocycles. The maximum atomic E-state index is 12.4. The Morgan fingerprint density at radius 1 is 1.38 bits per heavy atom. The highest BCUT2D eigenvalue weighted by Gasteiger charge is 2.31. The number of hydrogen-bond acceptors (Lipinski definition) is 3. The third-order valence-corrected chi connectivity index (χ3v) is 4.88. The van der Waals surface area contributed by atoms with Crippen LogP contribution >= 0.6 is 11.3 Å². The maximum absolute atomic E-state index is 12.4. The molecule has 1 aliphatic heterocycles. The first kappa shape index (κ1) is 12.6. The Balaban J connectivity index is 1.42. The fourth-order valence-electron chi connectivity index (χ4n) is 2.83. The lowest BCUT2D eigenvalue weighted by Gasteiger charge is -2.39. The van der Waals surface area contributed by atoms with Crippen molar-refractivity contribution in [1.29, 1.82) is 0 Å². The van der Waals surface area contributed by atoms with Crippen LogP contribution < -0.4 is 0 Å². The Hall–Kier alpha value is -2.14. The van der Waals surface area contributed by atoms with Gasteiger partial charge in [0.2, 0.25) is 0 Å². The number of nitrogens with zero attached hydrogens (tertiary/aromatic N) is 2. The lowest BCUT2D eigenvalue weighted by Crippen LogP contribution is -2.50. The molecular weight excluding hydrogens is 282 g/mol. The second kappa shape index (κ2) is 5.00. The molecule has 1 N–H and O–H groups in total. The molecule has 3 heterocycles. The van der Waals surface area contributed by atoms with Crippen molar-refractivity contribution in [2.24, 2.45) is 5.92 Å². The van der Waals surface area contributed by atoms with Crippen molar-refractivity contribution < 1.29 is 4.79 Å². The summed E-state index contributed by atoms with van der Waals surface area (Å²) in [6.45, 7) is 1.72. The van der Waals surface area contributed by atoms with Crippen LogP contribution in [0.25, 0.3) is 11.0 Å². The van der Waals surface area contributed by atoms with Gasteiger partial charge in [-0.2, -0.15) is 0 Å². The second-order valence-electron chi connectivity index (χ2n) is 5.49. The van der Waals surface area contributed by atoms with Crippen molar-refractivity contribution >= 4 is 28.3 Å². The Bertz CT molecular complexity index is 772. The normalized spacial score (nSPS) is 15.3. The SMILES string of the molecule is O=C(c1ccc2nc[nH]c2c1)N1CC(Cc2cccs2)C1. The van der Waals surface area contributed by atoms with E-state index >= 15 is 0 Å². The predicted octanol–water partition coefficient (Wildman–Crippen LogP) is 2.94. The Labute approximate surface area is 126 Å². The van der Waals surface area contributed by atoms with Crippen molar-refractivity contribution in [2.75, 3.05) is 13.1 Å².